The molecule has 0 aliphatic carbocycles. The van der Waals surface area contributed by atoms with E-state index in [4.69, 9.17) is 4.74 Å². The number of rotatable bonds is 13. The van der Waals surface area contributed by atoms with E-state index in [1.165, 1.54) is 11.9 Å². The molecule has 2 amide bonds. The first-order valence-corrected chi connectivity index (χ1v) is 15.3. The van der Waals surface area contributed by atoms with Gasteiger partial charge in [-0.05, 0) is 49.8 Å². The van der Waals surface area contributed by atoms with E-state index in [9.17, 15) is 15.0 Å². The van der Waals surface area contributed by atoms with Crippen molar-refractivity contribution in [3.63, 3.8) is 0 Å². The van der Waals surface area contributed by atoms with Gasteiger partial charge in [0.1, 0.15) is 24.6 Å². The molecule has 43 heavy (non-hydrogen) atoms. The second-order valence-corrected chi connectivity index (χ2v) is 12.5. The van der Waals surface area contributed by atoms with Crippen molar-refractivity contribution in [3.05, 3.63) is 42.5 Å². The van der Waals surface area contributed by atoms with Crippen LogP contribution in [0.15, 0.2) is 36.9 Å². The summed E-state index contributed by atoms with van der Waals surface area (Å²) in [4.78, 5) is 27.8. The van der Waals surface area contributed by atoms with Crippen molar-refractivity contribution in [2.45, 2.75) is 96.8 Å². The summed E-state index contributed by atoms with van der Waals surface area (Å²) < 4.78 is 7.88. The molecule has 1 aliphatic rings. The smallest absolute Gasteiger partial charge is 0.319 e. The average Bonchev–Trinajstić information content (AvgIpc) is 3.51. The third-order valence-corrected chi connectivity index (χ3v) is 7.85. The molecule has 0 bridgehead atoms. The number of aromatic nitrogens is 4. The van der Waals surface area contributed by atoms with Crippen LogP contribution in [0.4, 0.5) is 16.3 Å². The highest BCUT2D eigenvalue weighted by Crippen LogP contribution is 2.33. The Kier molecular flexibility index (Phi) is 10.9. The van der Waals surface area contributed by atoms with Crippen molar-refractivity contribution in [1.82, 2.24) is 29.7 Å². The van der Waals surface area contributed by atoms with Crippen LogP contribution in [0.2, 0.25) is 0 Å². The lowest BCUT2D eigenvalue weighted by molar-refractivity contribution is -0.0468. The Bertz CT molecular complexity index is 1320. The maximum Gasteiger partial charge on any atom is 0.319 e. The summed E-state index contributed by atoms with van der Waals surface area (Å²) in [6.07, 6.45) is 2.13. The number of aliphatic hydroxyl groups excluding tert-OH is 2. The third-order valence-electron chi connectivity index (χ3n) is 7.85. The Morgan fingerprint density at radius 3 is 2.49 bits per heavy atom. The number of anilines is 2. The number of aliphatic hydroxyl groups is 2. The Hall–Kier alpha value is -3.32. The molecule has 1 fully saturated rings. The maximum atomic E-state index is 12.4. The van der Waals surface area contributed by atoms with Gasteiger partial charge in [-0.15, -0.1) is 0 Å². The van der Waals surface area contributed by atoms with Crippen LogP contribution in [0, 0.1) is 0 Å². The first-order valence-electron chi connectivity index (χ1n) is 15.3. The first kappa shape index (κ1) is 32.6. The molecule has 0 unspecified atom stereocenters. The zero-order chi connectivity index (χ0) is 31.1. The summed E-state index contributed by atoms with van der Waals surface area (Å²) in [5, 5.41) is 31.0. The number of carbonyl (C=O) groups excluding carboxylic acids is 1. The van der Waals surface area contributed by atoms with Gasteiger partial charge in [0.2, 0.25) is 0 Å². The summed E-state index contributed by atoms with van der Waals surface area (Å²) in [6, 6.07) is 7.81. The molecule has 4 atom stereocenters. The normalized spacial score (nSPS) is 20.7. The minimum Gasteiger partial charge on any atom is -0.387 e. The van der Waals surface area contributed by atoms with Crippen LogP contribution in [0.5, 0.6) is 0 Å². The molecule has 12 heteroatoms. The van der Waals surface area contributed by atoms with Crippen molar-refractivity contribution >= 4 is 28.7 Å². The predicted octanol–water partition coefficient (Wildman–Crippen LogP) is 3.88. The Morgan fingerprint density at radius 1 is 1.07 bits per heavy atom. The van der Waals surface area contributed by atoms with Crippen LogP contribution in [0.1, 0.15) is 72.6 Å². The number of carbonyl (C=O) groups is 1. The minimum absolute atomic E-state index is 0.0553. The van der Waals surface area contributed by atoms with Crippen molar-refractivity contribution in [2.75, 3.05) is 36.8 Å². The monoisotopic (exact) mass is 596 g/mol. The van der Waals surface area contributed by atoms with Crippen molar-refractivity contribution < 1.29 is 19.7 Å². The summed E-state index contributed by atoms with van der Waals surface area (Å²) in [5.41, 5.74) is 3.13. The maximum absolute atomic E-state index is 12.4. The van der Waals surface area contributed by atoms with Gasteiger partial charge in [0.25, 0.3) is 0 Å². The molecule has 0 saturated carbocycles. The number of nitrogens with zero attached hydrogens (tertiary/aromatic N) is 5. The lowest BCUT2D eigenvalue weighted by Gasteiger charge is -2.30. The van der Waals surface area contributed by atoms with E-state index in [-0.39, 0.29) is 17.5 Å². The SMILES string of the molecule is CCCCNc1ncnc2c1ncn2[C@@H]1O[C@H](CN(CCCNC(=O)Nc2ccc(C(C)(C)C)cc2)C(C)C)[C@@H](O)[C@H]1O. The number of fused-ring (bicyclic) bond motifs is 1. The number of imidazole rings is 1. The highest BCUT2D eigenvalue weighted by molar-refractivity contribution is 5.89. The van der Waals surface area contributed by atoms with Gasteiger partial charge in [-0.3, -0.25) is 9.47 Å². The van der Waals surface area contributed by atoms with Crippen LogP contribution in [0.25, 0.3) is 11.2 Å². The lowest BCUT2D eigenvalue weighted by Crippen LogP contribution is -2.44. The molecule has 1 aromatic carbocycles. The number of hydrogen-bond donors (Lipinski definition) is 5. The highest BCUT2D eigenvalue weighted by atomic mass is 16.6. The summed E-state index contributed by atoms with van der Waals surface area (Å²) in [5.74, 6) is 0.633. The molecular formula is C31H48N8O4. The van der Waals surface area contributed by atoms with E-state index in [0.29, 0.717) is 43.0 Å². The summed E-state index contributed by atoms with van der Waals surface area (Å²) in [7, 11) is 0. The van der Waals surface area contributed by atoms with Crippen LogP contribution in [0.3, 0.4) is 0 Å². The molecule has 1 aliphatic heterocycles. The van der Waals surface area contributed by atoms with Gasteiger partial charge in [0.05, 0.1) is 6.33 Å². The number of unbranched alkanes of at least 4 members (excludes halogenated alkanes) is 1. The van der Waals surface area contributed by atoms with Gasteiger partial charge in [-0.2, -0.15) is 0 Å². The van der Waals surface area contributed by atoms with Gasteiger partial charge in [-0.1, -0.05) is 46.2 Å². The average molecular weight is 597 g/mol. The Morgan fingerprint density at radius 2 is 1.81 bits per heavy atom. The van der Waals surface area contributed by atoms with Crippen LogP contribution in [-0.2, 0) is 10.2 Å². The molecule has 1 saturated heterocycles. The van der Waals surface area contributed by atoms with Crippen molar-refractivity contribution in [1.29, 1.82) is 0 Å². The fourth-order valence-corrected chi connectivity index (χ4v) is 5.17. The Labute approximate surface area is 254 Å². The predicted molar refractivity (Wildman–Crippen MR) is 168 cm³/mol. The second-order valence-electron chi connectivity index (χ2n) is 12.5. The fourth-order valence-electron chi connectivity index (χ4n) is 5.17. The van der Waals surface area contributed by atoms with E-state index >= 15 is 0 Å². The lowest BCUT2D eigenvalue weighted by atomic mass is 9.87. The standard InChI is InChI=1S/C31H48N8O4/c1-7-8-14-32-27-24-28(35-18-34-27)39(19-36-24)29-26(41)25(40)23(43-29)17-38(20(2)3)16-9-15-33-30(42)37-22-12-10-21(11-13-22)31(4,5)6/h10-13,18-20,23,25-26,29,40-41H,7-9,14-17H2,1-6H3,(H,32,34,35)(H2,33,37,42)/t23-,25-,26-,29-/m1/s1. The van der Waals surface area contributed by atoms with Gasteiger partial charge >= 0.3 is 6.03 Å². The second kappa shape index (κ2) is 14.4. The topological polar surface area (TPSA) is 150 Å². The number of urea groups is 1. The molecule has 2 aromatic heterocycles. The molecule has 0 spiro atoms. The van der Waals surface area contributed by atoms with E-state index < -0.39 is 24.5 Å². The van der Waals surface area contributed by atoms with Gasteiger partial charge in [0.15, 0.2) is 23.2 Å². The summed E-state index contributed by atoms with van der Waals surface area (Å²) in [6.45, 7) is 15.1. The molecule has 3 heterocycles. The van der Waals surface area contributed by atoms with Gasteiger partial charge in [-0.25, -0.2) is 19.7 Å². The first-order chi connectivity index (χ1) is 20.5. The van der Waals surface area contributed by atoms with Gasteiger partial charge < -0.3 is 30.9 Å². The molecule has 4 rings (SSSR count). The molecule has 5 N–H and O–H groups in total. The number of hydrogen-bond acceptors (Lipinski definition) is 9. The van der Waals surface area contributed by atoms with Crippen molar-refractivity contribution in [3.8, 4) is 0 Å². The van der Waals surface area contributed by atoms with Crippen LogP contribution in [-0.4, -0.2) is 91.2 Å². The number of ether oxygens (including phenoxy) is 1. The number of amides is 2. The van der Waals surface area contributed by atoms with Crippen LogP contribution >= 0.6 is 0 Å². The van der Waals surface area contributed by atoms with E-state index in [1.54, 1.807) is 10.9 Å². The van der Waals surface area contributed by atoms with Crippen molar-refractivity contribution in [2.24, 2.45) is 0 Å². The Balaban J connectivity index is 1.29. The quantitative estimate of drug-likeness (QED) is 0.185. The fraction of sp³-hybridized carbons (Fsp3) is 0.613. The largest absolute Gasteiger partial charge is 0.387 e. The number of benzene rings is 1. The molecule has 0 radical (unpaired) electrons. The molecule has 236 valence electrons. The molecular weight excluding hydrogens is 548 g/mol. The van der Waals surface area contributed by atoms with E-state index in [0.717, 1.165) is 25.1 Å². The zero-order valence-corrected chi connectivity index (χ0v) is 26.2. The molecule has 12 nitrogen and oxygen atoms in total. The van der Waals surface area contributed by atoms with E-state index in [2.05, 4.69) is 77.3 Å². The van der Waals surface area contributed by atoms with Crippen LogP contribution < -0.4 is 16.0 Å². The minimum atomic E-state index is -1.15. The number of nitrogens with one attached hydrogen (secondary N) is 3. The van der Waals surface area contributed by atoms with Gasteiger partial charge in [0, 0.05) is 37.9 Å². The van der Waals surface area contributed by atoms with E-state index in [1.807, 2.05) is 24.3 Å². The molecule has 3 aromatic rings. The highest BCUT2D eigenvalue weighted by Gasteiger charge is 2.45. The summed E-state index contributed by atoms with van der Waals surface area (Å²) >= 11 is 0. The zero-order valence-electron chi connectivity index (χ0n) is 26.2. The third kappa shape index (κ3) is 8.20.